The minimum atomic E-state index is -0.203. The second kappa shape index (κ2) is 4.65. The number of allylic oxidation sites excluding steroid dienone is 5. The zero-order valence-corrected chi connectivity index (χ0v) is 8.04. The molecular formula is C11H14O2. The van der Waals surface area contributed by atoms with Crippen LogP contribution in [0.4, 0.5) is 0 Å². The van der Waals surface area contributed by atoms with E-state index in [2.05, 4.69) is 0 Å². The fourth-order valence-corrected chi connectivity index (χ4v) is 1.19. The van der Waals surface area contributed by atoms with Crippen LogP contribution in [0.2, 0.25) is 0 Å². The fourth-order valence-electron chi connectivity index (χ4n) is 1.19. The number of ether oxygens (including phenoxy) is 1. The van der Waals surface area contributed by atoms with E-state index in [-0.39, 0.29) is 5.97 Å². The van der Waals surface area contributed by atoms with Gasteiger partial charge in [-0.15, -0.1) is 0 Å². The number of carbonyl (C=O) groups is 1. The van der Waals surface area contributed by atoms with Gasteiger partial charge in [-0.1, -0.05) is 24.3 Å². The van der Waals surface area contributed by atoms with Gasteiger partial charge in [-0.05, 0) is 19.4 Å². The normalized spacial score (nSPS) is 18.6. The summed E-state index contributed by atoms with van der Waals surface area (Å²) >= 11 is 0. The standard InChI is InChI=1S/C11H14O2/c1-3-9-6-5-7-10(8-9)11(12)13-4-2/h3,5-7H,4,8H2,1-2H3/b9-3+. The van der Waals surface area contributed by atoms with Gasteiger partial charge >= 0.3 is 5.97 Å². The molecule has 0 amide bonds. The Morgan fingerprint density at radius 3 is 3.08 bits per heavy atom. The first kappa shape index (κ1) is 9.78. The molecule has 0 N–H and O–H groups in total. The topological polar surface area (TPSA) is 26.3 Å². The van der Waals surface area contributed by atoms with Gasteiger partial charge in [0.1, 0.15) is 0 Å². The van der Waals surface area contributed by atoms with Crippen LogP contribution in [0.5, 0.6) is 0 Å². The van der Waals surface area contributed by atoms with Crippen LogP contribution in [0.25, 0.3) is 0 Å². The van der Waals surface area contributed by atoms with Crippen LogP contribution in [-0.2, 0) is 9.53 Å². The molecule has 0 fully saturated rings. The predicted molar refractivity (Wildman–Crippen MR) is 52.2 cm³/mol. The molecule has 0 aliphatic heterocycles. The monoisotopic (exact) mass is 178 g/mol. The largest absolute Gasteiger partial charge is 0.463 e. The van der Waals surface area contributed by atoms with Crippen LogP contribution < -0.4 is 0 Å². The first-order chi connectivity index (χ1) is 6.27. The summed E-state index contributed by atoms with van der Waals surface area (Å²) < 4.78 is 4.91. The van der Waals surface area contributed by atoms with Gasteiger partial charge in [0.05, 0.1) is 6.61 Å². The summed E-state index contributed by atoms with van der Waals surface area (Å²) in [5.41, 5.74) is 1.89. The lowest BCUT2D eigenvalue weighted by Crippen LogP contribution is -2.09. The van der Waals surface area contributed by atoms with Crippen molar-refractivity contribution in [2.24, 2.45) is 0 Å². The highest BCUT2D eigenvalue weighted by atomic mass is 16.5. The van der Waals surface area contributed by atoms with Gasteiger partial charge in [-0.2, -0.15) is 0 Å². The number of rotatable bonds is 2. The van der Waals surface area contributed by atoms with Crippen molar-refractivity contribution in [3.8, 4) is 0 Å². The lowest BCUT2D eigenvalue weighted by Gasteiger charge is -2.09. The Balaban J connectivity index is 2.67. The third-order valence-corrected chi connectivity index (χ3v) is 1.91. The molecule has 0 saturated heterocycles. The molecule has 0 heterocycles. The third kappa shape index (κ3) is 2.58. The molecule has 70 valence electrons. The van der Waals surface area contributed by atoms with E-state index in [9.17, 15) is 4.79 Å². The third-order valence-electron chi connectivity index (χ3n) is 1.91. The summed E-state index contributed by atoms with van der Waals surface area (Å²) in [6.45, 7) is 4.21. The predicted octanol–water partition coefficient (Wildman–Crippen LogP) is 2.38. The SMILES string of the molecule is C/C=C1\C=CC=C(C(=O)OCC)C1. The molecule has 1 aliphatic rings. The van der Waals surface area contributed by atoms with E-state index in [4.69, 9.17) is 4.74 Å². The van der Waals surface area contributed by atoms with Crippen LogP contribution in [0, 0.1) is 0 Å². The van der Waals surface area contributed by atoms with Crippen LogP contribution >= 0.6 is 0 Å². The summed E-state index contributed by atoms with van der Waals surface area (Å²) in [7, 11) is 0. The lowest BCUT2D eigenvalue weighted by molar-refractivity contribution is -0.138. The van der Waals surface area contributed by atoms with Crippen LogP contribution in [0.15, 0.2) is 35.5 Å². The molecule has 0 atom stereocenters. The summed E-state index contributed by atoms with van der Waals surface area (Å²) in [5.74, 6) is -0.203. The quantitative estimate of drug-likeness (QED) is 0.607. The maximum Gasteiger partial charge on any atom is 0.334 e. The highest BCUT2D eigenvalue weighted by molar-refractivity contribution is 5.89. The van der Waals surface area contributed by atoms with Crippen LogP contribution in [0.3, 0.4) is 0 Å². The van der Waals surface area contributed by atoms with Crippen LogP contribution in [-0.4, -0.2) is 12.6 Å². The molecule has 0 aromatic rings. The molecule has 1 rings (SSSR count). The van der Waals surface area contributed by atoms with Crippen molar-refractivity contribution >= 4 is 5.97 Å². The van der Waals surface area contributed by atoms with Crippen molar-refractivity contribution in [2.45, 2.75) is 20.3 Å². The Morgan fingerprint density at radius 1 is 1.69 bits per heavy atom. The number of hydrogen-bond acceptors (Lipinski definition) is 2. The summed E-state index contributed by atoms with van der Waals surface area (Å²) in [4.78, 5) is 11.3. The Morgan fingerprint density at radius 2 is 2.46 bits per heavy atom. The molecule has 0 aromatic carbocycles. The molecule has 0 radical (unpaired) electrons. The number of esters is 1. The molecule has 0 saturated carbocycles. The Labute approximate surface area is 78.6 Å². The molecule has 13 heavy (non-hydrogen) atoms. The van der Waals surface area contributed by atoms with Gasteiger partial charge in [-0.25, -0.2) is 4.79 Å². The Kier molecular flexibility index (Phi) is 3.50. The molecular weight excluding hydrogens is 164 g/mol. The second-order valence-corrected chi connectivity index (χ2v) is 2.81. The Bertz CT molecular complexity index is 282. The summed E-state index contributed by atoms with van der Waals surface area (Å²) in [5, 5.41) is 0. The molecule has 1 aliphatic carbocycles. The Hall–Kier alpha value is -1.31. The second-order valence-electron chi connectivity index (χ2n) is 2.81. The van der Waals surface area contributed by atoms with Gasteiger partial charge in [0.25, 0.3) is 0 Å². The van der Waals surface area contributed by atoms with Gasteiger partial charge in [0, 0.05) is 12.0 Å². The van der Waals surface area contributed by atoms with Crippen molar-refractivity contribution < 1.29 is 9.53 Å². The molecule has 0 unspecified atom stereocenters. The molecule has 2 heteroatoms. The van der Waals surface area contributed by atoms with Crippen molar-refractivity contribution in [3.63, 3.8) is 0 Å². The average molecular weight is 178 g/mol. The van der Waals surface area contributed by atoms with E-state index in [0.717, 1.165) is 11.1 Å². The van der Waals surface area contributed by atoms with Crippen LogP contribution in [0.1, 0.15) is 20.3 Å². The van der Waals surface area contributed by atoms with E-state index < -0.39 is 0 Å². The van der Waals surface area contributed by atoms with E-state index >= 15 is 0 Å². The van der Waals surface area contributed by atoms with Crippen molar-refractivity contribution in [1.82, 2.24) is 0 Å². The fraction of sp³-hybridized carbons (Fsp3) is 0.364. The van der Waals surface area contributed by atoms with E-state index in [1.807, 2.05) is 38.2 Å². The van der Waals surface area contributed by atoms with Gasteiger partial charge < -0.3 is 4.74 Å². The van der Waals surface area contributed by atoms with Gasteiger partial charge in [0.15, 0.2) is 0 Å². The first-order valence-corrected chi connectivity index (χ1v) is 4.47. The van der Waals surface area contributed by atoms with Crippen molar-refractivity contribution in [3.05, 3.63) is 35.5 Å². The minimum Gasteiger partial charge on any atom is -0.463 e. The maximum absolute atomic E-state index is 11.3. The number of hydrogen-bond donors (Lipinski definition) is 0. The maximum atomic E-state index is 11.3. The van der Waals surface area contributed by atoms with Gasteiger partial charge in [0.2, 0.25) is 0 Å². The summed E-state index contributed by atoms with van der Waals surface area (Å²) in [6.07, 6.45) is 8.38. The highest BCUT2D eigenvalue weighted by Gasteiger charge is 2.12. The smallest absolute Gasteiger partial charge is 0.334 e. The lowest BCUT2D eigenvalue weighted by atomic mass is 10.00. The molecule has 2 nitrogen and oxygen atoms in total. The first-order valence-electron chi connectivity index (χ1n) is 4.47. The molecule has 0 aromatic heterocycles. The summed E-state index contributed by atoms with van der Waals surface area (Å²) in [6, 6.07) is 0. The average Bonchev–Trinajstić information content (AvgIpc) is 2.18. The van der Waals surface area contributed by atoms with Crippen molar-refractivity contribution in [2.75, 3.05) is 6.61 Å². The van der Waals surface area contributed by atoms with E-state index in [1.165, 1.54) is 0 Å². The zero-order valence-electron chi connectivity index (χ0n) is 8.04. The highest BCUT2D eigenvalue weighted by Crippen LogP contribution is 2.18. The van der Waals surface area contributed by atoms with Gasteiger partial charge in [-0.3, -0.25) is 0 Å². The molecule has 0 bridgehead atoms. The van der Waals surface area contributed by atoms with E-state index in [0.29, 0.717) is 13.0 Å². The zero-order chi connectivity index (χ0) is 9.68. The minimum absolute atomic E-state index is 0.203. The molecule has 0 spiro atoms. The van der Waals surface area contributed by atoms with E-state index in [1.54, 1.807) is 0 Å². The van der Waals surface area contributed by atoms with Crippen molar-refractivity contribution in [1.29, 1.82) is 0 Å². The number of carbonyl (C=O) groups excluding carboxylic acids is 1.